The maximum atomic E-state index is 11.8. The molecule has 92 valence electrons. The lowest BCUT2D eigenvalue weighted by Gasteiger charge is -2.10. The van der Waals surface area contributed by atoms with E-state index in [2.05, 4.69) is 26.0 Å². The fourth-order valence-electron chi connectivity index (χ4n) is 1.32. The van der Waals surface area contributed by atoms with Gasteiger partial charge in [0.2, 0.25) is 0 Å². The topological polar surface area (TPSA) is 55.4 Å². The van der Waals surface area contributed by atoms with Gasteiger partial charge in [0, 0.05) is 12.1 Å². The van der Waals surface area contributed by atoms with Gasteiger partial charge in [-0.1, -0.05) is 34.1 Å². The Hall–Kier alpha value is -1.36. The van der Waals surface area contributed by atoms with Crippen molar-refractivity contribution in [1.29, 1.82) is 0 Å². The highest BCUT2D eigenvalue weighted by Crippen LogP contribution is 2.07. The van der Waals surface area contributed by atoms with Crippen molar-refractivity contribution in [3.8, 4) is 0 Å². The molecule has 17 heavy (non-hydrogen) atoms. The zero-order valence-corrected chi connectivity index (χ0v) is 11.3. The molecule has 1 aromatic carbocycles. The Morgan fingerprint density at radius 1 is 1.41 bits per heavy atom. The second-order valence-electron chi connectivity index (χ2n) is 3.52. The minimum atomic E-state index is -0.527. The molecular formula is C12H14BrNO3. The molecule has 0 saturated carbocycles. The summed E-state index contributed by atoms with van der Waals surface area (Å²) in [6, 6.07) is 7.27. The molecule has 1 unspecified atom stereocenters. The van der Waals surface area contributed by atoms with Crippen LogP contribution in [0.1, 0.15) is 15.9 Å². The number of carbonyl (C=O) groups excluding carboxylic acids is 2. The van der Waals surface area contributed by atoms with Crippen LogP contribution in [0.15, 0.2) is 24.3 Å². The number of rotatable bonds is 4. The summed E-state index contributed by atoms with van der Waals surface area (Å²) in [5.74, 6) is -0.605. The lowest BCUT2D eigenvalue weighted by atomic mass is 10.1. The van der Waals surface area contributed by atoms with Crippen molar-refractivity contribution < 1.29 is 14.3 Å². The van der Waals surface area contributed by atoms with E-state index in [1.165, 1.54) is 7.11 Å². The molecule has 5 heteroatoms. The van der Waals surface area contributed by atoms with Crippen molar-refractivity contribution in [2.45, 2.75) is 11.8 Å². The Morgan fingerprint density at radius 3 is 2.65 bits per heavy atom. The van der Waals surface area contributed by atoms with Crippen LogP contribution >= 0.6 is 15.9 Å². The Labute approximate surface area is 108 Å². The van der Waals surface area contributed by atoms with Crippen LogP contribution in [0, 0.1) is 6.92 Å². The summed E-state index contributed by atoms with van der Waals surface area (Å²) in [5, 5.41) is 2.67. The van der Waals surface area contributed by atoms with Crippen LogP contribution in [0.2, 0.25) is 0 Å². The maximum absolute atomic E-state index is 11.8. The van der Waals surface area contributed by atoms with Gasteiger partial charge in [-0.25, -0.2) is 0 Å². The van der Waals surface area contributed by atoms with Crippen molar-refractivity contribution in [1.82, 2.24) is 5.32 Å². The molecule has 0 aliphatic rings. The average Bonchev–Trinajstić information content (AvgIpc) is 2.35. The second-order valence-corrected chi connectivity index (χ2v) is 4.62. The maximum Gasteiger partial charge on any atom is 0.321 e. The number of hydrogen-bond acceptors (Lipinski definition) is 3. The van der Waals surface area contributed by atoms with Crippen molar-refractivity contribution in [3.63, 3.8) is 0 Å². The molecule has 0 bridgehead atoms. The molecule has 1 rings (SSSR count). The third-order valence-electron chi connectivity index (χ3n) is 2.29. The van der Waals surface area contributed by atoms with E-state index in [0.29, 0.717) is 5.56 Å². The van der Waals surface area contributed by atoms with Gasteiger partial charge in [0.1, 0.15) is 4.83 Å². The molecule has 4 nitrogen and oxygen atoms in total. The van der Waals surface area contributed by atoms with Crippen LogP contribution in [0.3, 0.4) is 0 Å². The number of carbonyl (C=O) groups is 2. The van der Waals surface area contributed by atoms with Crippen molar-refractivity contribution in [2.75, 3.05) is 13.7 Å². The van der Waals surface area contributed by atoms with E-state index in [1.807, 2.05) is 19.1 Å². The average molecular weight is 300 g/mol. The number of nitrogens with one attached hydrogen (secondary N) is 1. The van der Waals surface area contributed by atoms with Gasteiger partial charge >= 0.3 is 5.97 Å². The number of ether oxygens (including phenoxy) is 1. The zero-order chi connectivity index (χ0) is 12.8. The molecule has 1 aromatic rings. The highest BCUT2D eigenvalue weighted by Gasteiger charge is 2.16. The summed E-state index contributed by atoms with van der Waals surface area (Å²) in [6.45, 7) is 2.06. The molecule has 0 heterocycles. The molecule has 0 radical (unpaired) electrons. The van der Waals surface area contributed by atoms with E-state index in [4.69, 9.17) is 0 Å². The van der Waals surface area contributed by atoms with Gasteiger partial charge in [-0.3, -0.25) is 9.59 Å². The number of methoxy groups -OCH3 is 1. The minimum Gasteiger partial charge on any atom is -0.468 e. The Bertz CT molecular complexity index is 420. The molecule has 1 atom stereocenters. The number of hydrogen-bond donors (Lipinski definition) is 1. The van der Waals surface area contributed by atoms with E-state index < -0.39 is 10.8 Å². The van der Waals surface area contributed by atoms with E-state index in [0.717, 1.165) is 5.56 Å². The molecule has 0 aliphatic heterocycles. The first-order valence-electron chi connectivity index (χ1n) is 5.12. The summed E-state index contributed by atoms with van der Waals surface area (Å²) >= 11 is 3.13. The van der Waals surface area contributed by atoms with Gasteiger partial charge in [0.05, 0.1) is 7.11 Å². The number of halogens is 1. The van der Waals surface area contributed by atoms with E-state index >= 15 is 0 Å². The fourth-order valence-corrected chi connectivity index (χ4v) is 1.67. The van der Waals surface area contributed by atoms with Crippen LogP contribution in [-0.2, 0) is 9.53 Å². The molecular weight excluding hydrogens is 286 g/mol. The fraction of sp³-hybridized carbons (Fsp3) is 0.333. The number of alkyl halides is 1. The first-order chi connectivity index (χ1) is 8.06. The SMILES string of the molecule is COC(=O)C(Br)CNC(=O)c1ccccc1C. The lowest BCUT2D eigenvalue weighted by Crippen LogP contribution is -2.34. The molecule has 0 fully saturated rings. The van der Waals surface area contributed by atoms with Crippen LogP contribution in [-0.4, -0.2) is 30.4 Å². The Morgan fingerprint density at radius 2 is 2.06 bits per heavy atom. The monoisotopic (exact) mass is 299 g/mol. The Balaban J connectivity index is 2.57. The number of aryl methyl sites for hydroxylation is 1. The molecule has 0 saturated heterocycles. The highest BCUT2D eigenvalue weighted by molar-refractivity contribution is 9.10. The van der Waals surface area contributed by atoms with Crippen molar-refractivity contribution in [2.24, 2.45) is 0 Å². The number of esters is 1. The molecule has 0 aromatic heterocycles. The van der Waals surface area contributed by atoms with Gasteiger partial charge < -0.3 is 10.1 Å². The van der Waals surface area contributed by atoms with Gasteiger partial charge in [0.15, 0.2) is 0 Å². The third kappa shape index (κ3) is 3.85. The largest absolute Gasteiger partial charge is 0.468 e. The first kappa shape index (κ1) is 13.7. The van der Waals surface area contributed by atoms with E-state index in [9.17, 15) is 9.59 Å². The summed E-state index contributed by atoms with van der Waals surface area (Å²) in [5.41, 5.74) is 1.51. The quantitative estimate of drug-likeness (QED) is 0.679. The van der Waals surface area contributed by atoms with E-state index in [1.54, 1.807) is 12.1 Å². The Kier molecular flexibility index (Phi) is 5.15. The summed E-state index contributed by atoms with van der Waals surface area (Å²) in [4.78, 5) is 22.4. The predicted octanol–water partition coefficient (Wildman–Crippen LogP) is 1.66. The molecule has 1 N–H and O–H groups in total. The van der Waals surface area contributed by atoms with E-state index in [-0.39, 0.29) is 12.5 Å². The summed E-state index contributed by atoms with van der Waals surface area (Å²) < 4.78 is 4.54. The van der Waals surface area contributed by atoms with Crippen LogP contribution in [0.25, 0.3) is 0 Å². The van der Waals surface area contributed by atoms with Crippen LogP contribution in [0.5, 0.6) is 0 Å². The van der Waals surface area contributed by atoms with Crippen molar-refractivity contribution in [3.05, 3.63) is 35.4 Å². The van der Waals surface area contributed by atoms with Gasteiger partial charge in [-0.15, -0.1) is 0 Å². The normalized spacial score (nSPS) is 11.7. The van der Waals surface area contributed by atoms with Crippen LogP contribution < -0.4 is 5.32 Å². The molecule has 0 aliphatic carbocycles. The zero-order valence-electron chi connectivity index (χ0n) is 9.70. The van der Waals surface area contributed by atoms with Gasteiger partial charge in [-0.2, -0.15) is 0 Å². The lowest BCUT2D eigenvalue weighted by molar-refractivity contribution is -0.139. The third-order valence-corrected chi connectivity index (χ3v) is 2.99. The number of benzene rings is 1. The van der Waals surface area contributed by atoms with Crippen LogP contribution in [0.4, 0.5) is 0 Å². The summed E-state index contributed by atoms with van der Waals surface area (Å²) in [7, 11) is 1.31. The van der Waals surface area contributed by atoms with Gasteiger partial charge in [0.25, 0.3) is 5.91 Å². The highest BCUT2D eigenvalue weighted by atomic mass is 79.9. The minimum absolute atomic E-state index is 0.194. The molecule has 1 amide bonds. The van der Waals surface area contributed by atoms with Gasteiger partial charge in [-0.05, 0) is 18.6 Å². The standard InChI is InChI=1S/C12H14BrNO3/c1-8-5-3-4-6-9(8)11(15)14-7-10(13)12(16)17-2/h3-6,10H,7H2,1-2H3,(H,14,15). The summed E-state index contributed by atoms with van der Waals surface area (Å²) in [6.07, 6.45) is 0. The van der Waals surface area contributed by atoms with Crippen molar-refractivity contribution >= 4 is 27.8 Å². The number of amides is 1. The second kappa shape index (κ2) is 6.39. The predicted molar refractivity (Wildman–Crippen MR) is 68.2 cm³/mol. The molecule has 0 spiro atoms. The first-order valence-corrected chi connectivity index (χ1v) is 6.03. The smallest absolute Gasteiger partial charge is 0.321 e.